The summed E-state index contributed by atoms with van der Waals surface area (Å²) in [5, 5.41) is 0.657. The van der Waals surface area contributed by atoms with Crippen LogP contribution in [0.5, 0.6) is 0 Å². The van der Waals surface area contributed by atoms with E-state index in [1.165, 1.54) is 0 Å². The molecule has 0 saturated carbocycles. The molecule has 0 spiro atoms. The lowest BCUT2D eigenvalue weighted by molar-refractivity contribution is 0.0674. The van der Waals surface area contributed by atoms with Gasteiger partial charge in [0, 0.05) is 18.8 Å². The van der Waals surface area contributed by atoms with Gasteiger partial charge in [0.05, 0.1) is 0 Å². The predicted molar refractivity (Wildman–Crippen MR) is 44.1 cm³/mol. The van der Waals surface area contributed by atoms with Crippen molar-refractivity contribution in [2.45, 2.75) is 19.6 Å². The van der Waals surface area contributed by atoms with Crippen LogP contribution < -0.4 is 5.73 Å². The fourth-order valence-corrected chi connectivity index (χ4v) is 1.54. The Morgan fingerprint density at radius 2 is 2.70 bits per heavy atom. The number of nitrogens with zero attached hydrogens (tertiary/aromatic N) is 1. The van der Waals surface area contributed by atoms with Crippen molar-refractivity contribution in [3.8, 4) is 0 Å². The highest BCUT2D eigenvalue weighted by molar-refractivity contribution is 8.13. The average molecular weight is 160 g/mol. The molecule has 10 heavy (non-hydrogen) atoms. The Bertz CT molecular complexity index is 138. The van der Waals surface area contributed by atoms with E-state index in [0.717, 1.165) is 12.2 Å². The normalized spacial score (nSPS) is 26.1. The molecule has 0 aromatic rings. The van der Waals surface area contributed by atoms with Crippen molar-refractivity contribution in [3.63, 3.8) is 0 Å². The predicted octanol–water partition coefficient (Wildman–Crippen LogP) is 0.801. The van der Waals surface area contributed by atoms with Crippen molar-refractivity contribution in [1.82, 2.24) is 0 Å². The van der Waals surface area contributed by atoms with Crippen LogP contribution in [0.3, 0.4) is 0 Å². The third-order valence-corrected chi connectivity index (χ3v) is 2.09. The van der Waals surface area contributed by atoms with Crippen molar-refractivity contribution in [2.75, 3.05) is 12.4 Å². The minimum atomic E-state index is 0.0197. The van der Waals surface area contributed by atoms with E-state index in [4.69, 9.17) is 10.5 Å². The molecule has 0 bridgehead atoms. The quantitative estimate of drug-likeness (QED) is 0.650. The molecule has 0 aliphatic carbocycles. The second kappa shape index (κ2) is 3.83. The van der Waals surface area contributed by atoms with Crippen LogP contribution in [-0.2, 0) is 4.74 Å². The summed E-state index contributed by atoms with van der Waals surface area (Å²) in [6, 6.07) is 0. The van der Waals surface area contributed by atoms with Gasteiger partial charge in [0.2, 0.25) is 0 Å². The third-order valence-electron chi connectivity index (χ3n) is 1.25. The van der Waals surface area contributed by atoms with E-state index in [-0.39, 0.29) is 6.23 Å². The summed E-state index contributed by atoms with van der Waals surface area (Å²) in [7, 11) is 0. The molecule has 1 aliphatic rings. The number of nitrogens with two attached hydrogens (primary N) is 1. The maximum absolute atomic E-state index is 5.49. The van der Waals surface area contributed by atoms with Crippen LogP contribution in [0.25, 0.3) is 0 Å². The molecule has 1 heterocycles. The molecule has 4 heteroatoms. The molecule has 0 fully saturated rings. The lowest BCUT2D eigenvalue weighted by Gasteiger charge is -2.16. The van der Waals surface area contributed by atoms with E-state index < -0.39 is 0 Å². The Kier molecular flexibility index (Phi) is 3.02. The minimum absolute atomic E-state index is 0.0197. The summed E-state index contributed by atoms with van der Waals surface area (Å²) in [6.07, 6.45) is 1.00. The van der Waals surface area contributed by atoms with Crippen LogP contribution in [0.15, 0.2) is 4.99 Å². The molecule has 0 radical (unpaired) electrons. The van der Waals surface area contributed by atoms with Crippen LogP contribution in [0.1, 0.15) is 13.3 Å². The molecule has 0 aromatic carbocycles. The molecule has 3 nitrogen and oxygen atoms in total. The fraction of sp³-hybridized carbons (Fsp3) is 0.833. The van der Waals surface area contributed by atoms with Gasteiger partial charge in [0.25, 0.3) is 0 Å². The summed E-state index contributed by atoms with van der Waals surface area (Å²) >= 11 is 1.60. The zero-order valence-corrected chi connectivity index (χ0v) is 6.86. The molecule has 58 valence electrons. The molecular formula is C6H12N2OS. The first-order valence-corrected chi connectivity index (χ1v) is 4.39. The number of ether oxygens (including phenoxy) is 1. The van der Waals surface area contributed by atoms with E-state index in [2.05, 4.69) is 4.99 Å². The first-order valence-electron chi connectivity index (χ1n) is 3.40. The highest BCUT2D eigenvalue weighted by Gasteiger charge is 2.12. The second-order valence-corrected chi connectivity index (χ2v) is 3.13. The van der Waals surface area contributed by atoms with Gasteiger partial charge in [-0.3, -0.25) is 0 Å². The SMILES string of the molecule is CCOC1CCSC(N)=N1. The Labute approximate surface area is 65.0 Å². The maximum atomic E-state index is 5.49. The molecule has 0 aromatic heterocycles. The van der Waals surface area contributed by atoms with Gasteiger partial charge < -0.3 is 10.5 Å². The van der Waals surface area contributed by atoms with Crippen LogP contribution in [0.2, 0.25) is 0 Å². The standard InChI is InChI=1S/C6H12N2OS/c1-2-9-5-3-4-10-6(7)8-5/h5H,2-4H2,1H3,(H2,7,8). The van der Waals surface area contributed by atoms with Gasteiger partial charge in [0.15, 0.2) is 11.4 Å². The summed E-state index contributed by atoms with van der Waals surface area (Å²) in [5.74, 6) is 1.03. The van der Waals surface area contributed by atoms with Crippen molar-refractivity contribution in [3.05, 3.63) is 0 Å². The van der Waals surface area contributed by atoms with Gasteiger partial charge in [-0.05, 0) is 6.92 Å². The monoisotopic (exact) mass is 160 g/mol. The summed E-state index contributed by atoms with van der Waals surface area (Å²) in [6.45, 7) is 2.68. The molecule has 1 atom stereocenters. The smallest absolute Gasteiger partial charge is 0.156 e. The van der Waals surface area contributed by atoms with Gasteiger partial charge in [0.1, 0.15) is 0 Å². The van der Waals surface area contributed by atoms with Gasteiger partial charge in [-0.15, -0.1) is 0 Å². The molecule has 1 rings (SSSR count). The van der Waals surface area contributed by atoms with Gasteiger partial charge in [-0.1, -0.05) is 11.8 Å². The van der Waals surface area contributed by atoms with Gasteiger partial charge >= 0.3 is 0 Å². The largest absolute Gasteiger partial charge is 0.378 e. The van der Waals surface area contributed by atoms with Crippen molar-refractivity contribution < 1.29 is 4.74 Å². The molecule has 1 aliphatic heterocycles. The highest BCUT2D eigenvalue weighted by Crippen LogP contribution is 2.15. The topological polar surface area (TPSA) is 47.6 Å². The highest BCUT2D eigenvalue weighted by atomic mass is 32.2. The van der Waals surface area contributed by atoms with Gasteiger partial charge in [-0.2, -0.15) is 0 Å². The van der Waals surface area contributed by atoms with Crippen molar-refractivity contribution >= 4 is 16.9 Å². The molecule has 1 unspecified atom stereocenters. The van der Waals surface area contributed by atoms with E-state index in [9.17, 15) is 0 Å². The fourth-order valence-electron chi connectivity index (χ4n) is 0.821. The van der Waals surface area contributed by atoms with Crippen LogP contribution in [0, 0.1) is 0 Å². The van der Waals surface area contributed by atoms with E-state index in [1.54, 1.807) is 11.8 Å². The lowest BCUT2D eigenvalue weighted by Crippen LogP contribution is -2.22. The first-order chi connectivity index (χ1) is 4.83. The number of hydrogen-bond acceptors (Lipinski definition) is 4. The molecule has 2 N–H and O–H groups in total. The Morgan fingerprint density at radius 3 is 3.30 bits per heavy atom. The molecule has 0 amide bonds. The lowest BCUT2D eigenvalue weighted by atomic mass is 10.4. The summed E-state index contributed by atoms with van der Waals surface area (Å²) in [4.78, 5) is 4.11. The average Bonchev–Trinajstić information content (AvgIpc) is 1.88. The number of thioether (sulfide) groups is 1. The van der Waals surface area contributed by atoms with Crippen LogP contribution >= 0.6 is 11.8 Å². The zero-order chi connectivity index (χ0) is 7.40. The number of amidine groups is 1. The van der Waals surface area contributed by atoms with Crippen LogP contribution in [0.4, 0.5) is 0 Å². The molecule has 0 saturated heterocycles. The van der Waals surface area contributed by atoms with E-state index >= 15 is 0 Å². The first kappa shape index (κ1) is 7.88. The summed E-state index contributed by atoms with van der Waals surface area (Å²) in [5.41, 5.74) is 5.49. The Balaban J connectivity index is 2.38. The van der Waals surface area contributed by atoms with Crippen LogP contribution in [-0.4, -0.2) is 23.8 Å². The third kappa shape index (κ3) is 2.19. The molecular weight excluding hydrogens is 148 g/mol. The Hall–Kier alpha value is -0.220. The van der Waals surface area contributed by atoms with E-state index in [0.29, 0.717) is 11.8 Å². The number of aliphatic imine (C=N–C) groups is 1. The van der Waals surface area contributed by atoms with E-state index in [1.807, 2.05) is 6.92 Å². The summed E-state index contributed by atoms with van der Waals surface area (Å²) < 4.78 is 5.27. The minimum Gasteiger partial charge on any atom is -0.378 e. The Morgan fingerprint density at radius 1 is 1.90 bits per heavy atom. The van der Waals surface area contributed by atoms with Crippen molar-refractivity contribution in [1.29, 1.82) is 0 Å². The zero-order valence-electron chi connectivity index (χ0n) is 6.04. The number of hydrogen-bond donors (Lipinski definition) is 1. The number of rotatable bonds is 2. The van der Waals surface area contributed by atoms with Crippen molar-refractivity contribution in [2.24, 2.45) is 10.7 Å². The maximum Gasteiger partial charge on any atom is 0.156 e. The van der Waals surface area contributed by atoms with Gasteiger partial charge in [-0.25, -0.2) is 4.99 Å². The second-order valence-electron chi connectivity index (χ2n) is 2.01.